The van der Waals surface area contributed by atoms with Gasteiger partial charge in [0.1, 0.15) is 5.60 Å². The first-order valence-electron chi connectivity index (χ1n) is 6.30. The Labute approximate surface area is 108 Å². The van der Waals surface area contributed by atoms with Crippen LogP contribution in [0.15, 0.2) is 0 Å². The van der Waals surface area contributed by atoms with Gasteiger partial charge in [-0.05, 0) is 26.7 Å². The van der Waals surface area contributed by atoms with Crippen molar-refractivity contribution in [2.75, 3.05) is 19.7 Å². The summed E-state index contributed by atoms with van der Waals surface area (Å²) >= 11 is 0. The van der Waals surface area contributed by atoms with Gasteiger partial charge in [-0.2, -0.15) is 0 Å². The Bertz CT molecular complexity index is 321. The molecule has 104 valence electrons. The zero-order valence-corrected chi connectivity index (χ0v) is 11.9. The molecule has 1 heterocycles. The molecule has 1 fully saturated rings. The van der Waals surface area contributed by atoms with Gasteiger partial charge in [-0.15, -0.1) is 0 Å². The average Bonchev–Trinajstić information content (AvgIpc) is 2.54. The highest BCUT2D eigenvalue weighted by molar-refractivity contribution is 5.68. The molecule has 2 atom stereocenters. The van der Waals surface area contributed by atoms with Crippen molar-refractivity contribution in [3.63, 3.8) is 0 Å². The lowest BCUT2D eigenvalue weighted by Gasteiger charge is -2.24. The van der Waals surface area contributed by atoms with Crippen LogP contribution in [0.5, 0.6) is 0 Å². The van der Waals surface area contributed by atoms with Crippen LogP contribution >= 0.6 is 0 Å². The topological polar surface area (TPSA) is 55.8 Å². The Hall–Kier alpha value is -1.26. The predicted octanol–water partition coefficient (Wildman–Crippen LogP) is 2.05. The van der Waals surface area contributed by atoms with Crippen molar-refractivity contribution < 1.29 is 19.1 Å². The second-order valence-corrected chi connectivity index (χ2v) is 5.93. The molecule has 0 saturated carbocycles. The molecule has 0 unspecified atom stereocenters. The number of likely N-dealkylation sites (tertiary alicyclic amines) is 1. The van der Waals surface area contributed by atoms with Crippen LogP contribution in [0.2, 0.25) is 0 Å². The van der Waals surface area contributed by atoms with Crippen molar-refractivity contribution in [3.05, 3.63) is 0 Å². The van der Waals surface area contributed by atoms with Crippen molar-refractivity contribution in [1.29, 1.82) is 0 Å². The normalized spacial score (nSPS) is 23.9. The number of carbonyl (C=O) groups is 2. The maximum absolute atomic E-state index is 11.9. The van der Waals surface area contributed by atoms with E-state index in [1.807, 2.05) is 20.8 Å². The summed E-state index contributed by atoms with van der Waals surface area (Å²) < 4.78 is 10.3. The Balaban J connectivity index is 2.47. The van der Waals surface area contributed by atoms with Crippen molar-refractivity contribution >= 4 is 12.1 Å². The molecule has 0 spiro atoms. The van der Waals surface area contributed by atoms with Gasteiger partial charge in [-0.3, -0.25) is 4.79 Å². The lowest BCUT2D eigenvalue weighted by molar-refractivity contribution is -0.142. The van der Waals surface area contributed by atoms with Gasteiger partial charge in [0.25, 0.3) is 0 Å². The molecule has 0 N–H and O–H groups in total. The van der Waals surface area contributed by atoms with Gasteiger partial charge in [-0.25, -0.2) is 4.79 Å². The highest BCUT2D eigenvalue weighted by Gasteiger charge is 2.35. The fraction of sp³-hybridized carbons (Fsp3) is 0.846. The van der Waals surface area contributed by atoms with Gasteiger partial charge in [-0.1, -0.05) is 6.92 Å². The van der Waals surface area contributed by atoms with Crippen LogP contribution in [-0.2, 0) is 14.3 Å². The molecule has 1 amide bonds. The van der Waals surface area contributed by atoms with E-state index >= 15 is 0 Å². The third kappa shape index (κ3) is 4.55. The first kappa shape index (κ1) is 14.8. The maximum atomic E-state index is 11.9. The average molecular weight is 257 g/mol. The molecule has 5 nitrogen and oxygen atoms in total. The standard InChI is InChI=1S/C13H23NO4/c1-9-6-14(12(16)18-13(3,4)5)7-11(9)8-17-10(2)15/h9,11H,6-8H2,1-5H3/t9-,11+/m0/s1. The number of amides is 1. The van der Waals surface area contributed by atoms with E-state index in [0.717, 1.165) is 0 Å². The van der Waals surface area contributed by atoms with Gasteiger partial charge in [0, 0.05) is 25.9 Å². The first-order chi connectivity index (χ1) is 8.19. The van der Waals surface area contributed by atoms with Crippen LogP contribution in [0, 0.1) is 11.8 Å². The monoisotopic (exact) mass is 257 g/mol. The Morgan fingerprint density at radius 2 is 1.89 bits per heavy atom. The molecule has 0 aromatic carbocycles. The van der Waals surface area contributed by atoms with Crippen molar-refractivity contribution in [2.24, 2.45) is 11.8 Å². The Morgan fingerprint density at radius 3 is 2.39 bits per heavy atom. The molecule has 5 heteroatoms. The largest absolute Gasteiger partial charge is 0.465 e. The van der Waals surface area contributed by atoms with Crippen LogP contribution in [0.4, 0.5) is 4.79 Å². The van der Waals surface area contributed by atoms with E-state index in [1.54, 1.807) is 4.90 Å². The number of carbonyl (C=O) groups excluding carboxylic acids is 2. The van der Waals surface area contributed by atoms with Gasteiger partial charge in [0.15, 0.2) is 0 Å². The van der Waals surface area contributed by atoms with E-state index in [9.17, 15) is 9.59 Å². The minimum atomic E-state index is -0.478. The number of hydrogen-bond donors (Lipinski definition) is 0. The van der Waals surface area contributed by atoms with Crippen LogP contribution in [0.3, 0.4) is 0 Å². The van der Waals surface area contributed by atoms with Gasteiger partial charge >= 0.3 is 12.1 Å². The molecule has 0 aliphatic carbocycles. The van der Waals surface area contributed by atoms with Crippen molar-refractivity contribution in [2.45, 2.75) is 40.2 Å². The summed E-state index contributed by atoms with van der Waals surface area (Å²) in [6.07, 6.45) is -0.292. The van der Waals surface area contributed by atoms with Crippen molar-refractivity contribution in [3.8, 4) is 0 Å². The SMILES string of the molecule is CC(=O)OC[C@H]1CN(C(=O)OC(C)(C)C)C[C@@H]1C. The second kappa shape index (κ2) is 5.59. The highest BCUT2D eigenvalue weighted by Crippen LogP contribution is 2.25. The summed E-state index contributed by atoms with van der Waals surface area (Å²) in [7, 11) is 0. The number of hydrogen-bond acceptors (Lipinski definition) is 4. The summed E-state index contributed by atoms with van der Waals surface area (Å²) in [6.45, 7) is 10.6. The van der Waals surface area contributed by atoms with Gasteiger partial charge < -0.3 is 14.4 Å². The third-order valence-electron chi connectivity index (χ3n) is 2.92. The molecule has 1 rings (SSSR count). The Kier molecular flexibility index (Phi) is 4.59. The van der Waals surface area contributed by atoms with E-state index in [0.29, 0.717) is 25.6 Å². The van der Waals surface area contributed by atoms with Gasteiger partial charge in [0.05, 0.1) is 6.61 Å². The van der Waals surface area contributed by atoms with E-state index < -0.39 is 5.60 Å². The smallest absolute Gasteiger partial charge is 0.410 e. The molecule has 0 radical (unpaired) electrons. The maximum Gasteiger partial charge on any atom is 0.410 e. The zero-order valence-electron chi connectivity index (χ0n) is 11.9. The minimum absolute atomic E-state index is 0.196. The quantitative estimate of drug-likeness (QED) is 0.710. The summed E-state index contributed by atoms with van der Waals surface area (Å²) in [5.41, 5.74) is -0.478. The zero-order chi connectivity index (χ0) is 13.9. The second-order valence-electron chi connectivity index (χ2n) is 5.93. The summed E-state index contributed by atoms with van der Waals surface area (Å²) in [6, 6.07) is 0. The number of ether oxygens (including phenoxy) is 2. The fourth-order valence-electron chi connectivity index (χ4n) is 1.95. The summed E-state index contributed by atoms with van der Waals surface area (Å²) in [4.78, 5) is 24.4. The fourth-order valence-corrected chi connectivity index (χ4v) is 1.95. The number of esters is 1. The Morgan fingerprint density at radius 1 is 1.28 bits per heavy atom. The minimum Gasteiger partial charge on any atom is -0.465 e. The van der Waals surface area contributed by atoms with E-state index in [2.05, 4.69) is 6.92 Å². The summed E-state index contributed by atoms with van der Waals surface area (Å²) in [5.74, 6) is 0.233. The molecular weight excluding hydrogens is 234 g/mol. The van der Waals surface area contributed by atoms with Crippen LogP contribution in [0.25, 0.3) is 0 Å². The molecule has 18 heavy (non-hydrogen) atoms. The first-order valence-corrected chi connectivity index (χ1v) is 6.30. The molecular formula is C13H23NO4. The van der Waals surface area contributed by atoms with Crippen LogP contribution < -0.4 is 0 Å². The molecule has 0 aromatic rings. The highest BCUT2D eigenvalue weighted by atomic mass is 16.6. The lowest BCUT2D eigenvalue weighted by Crippen LogP contribution is -2.35. The van der Waals surface area contributed by atoms with E-state index in [1.165, 1.54) is 6.92 Å². The van der Waals surface area contributed by atoms with E-state index in [4.69, 9.17) is 9.47 Å². The molecule has 0 bridgehead atoms. The number of nitrogens with zero attached hydrogens (tertiary/aromatic N) is 1. The molecule has 0 aromatic heterocycles. The van der Waals surface area contributed by atoms with Crippen molar-refractivity contribution in [1.82, 2.24) is 4.90 Å². The third-order valence-corrected chi connectivity index (χ3v) is 2.92. The molecule has 1 aliphatic heterocycles. The molecule has 1 aliphatic rings. The molecule has 1 saturated heterocycles. The van der Waals surface area contributed by atoms with Crippen LogP contribution in [-0.4, -0.2) is 42.3 Å². The predicted molar refractivity (Wildman–Crippen MR) is 67.1 cm³/mol. The van der Waals surface area contributed by atoms with E-state index in [-0.39, 0.29) is 18.0 Å². The lowest BCUT2D eigenvalue weighted by atomic mass is 9.99. The van der Waals surface area contributed by atoms with Gasteiger partial charge in [0.2, 0.25) is 0 Å². The van der Waals surface area contributed by atoms with Crippen LogP contribution in [0.1, 0.15) is 34.6 Å². The summed E-state index contributed by atoms with van der Waals surface area (Å²) in [5, 5.41) is 0. The number of rotatable bonds is 2.